The van der Waals surface area contributed by atoms with Crippen LogP contribution >= 0.6 is 0 Å². The fourth-order valence-corrected chi connectivity index (χ4v) is 6.87. The van der Waals surface area contributed by atoms with Crippen LogP contribution in [-0.4, -0.2) is 51.6 Å². The number of anilines is 1. The molecular formula is C29H34N4O5S. The van der Waals surface area contributed by atoms with Crippen LogP contribution in [0.4, 0.5) is 5.69 Å². The first-order chi connectivity index (χ1) is 19.0. The van der Waals surface area contributed by atoms with E-state index in [9.17, 15) is 13.7 Å². The molecule has 0 spiro atoms. The monoisotopic (exact) mass is 550 g/mol. The number of hydrogen-bond acceptors (Lipinski definition) is 6. The summed E-state index contributed by atoms with van der Waals surface area (Å²) in [5, 5.41) is 11.1. The molecule has 1 aliphatic carbocycles. The molecule has 1 aromatic heterocycles. The van der Waals surface area contributed by atoms with Crippen LogP contribution < -0.4 is 14.2 Å². The SMILES string of the molecule is N#Cc1c(-c2ccc(NS(=O)(=O)NC3CCOCC3)cc2)n(C2CCC2)c2cc(OC3CCOCC3)ccc12. The van der Waals surface area contributed by atoms with E-state index in [0.29, 0.717) is 56.6 Å². The van der Waals surface area contributed by atoms with E-state index < -0.39 is 10.2 Å². The summed E-state index contributed by atoms with van der Waals surface area (Å²) in [5.41, 5.74) is 3.84. The topological polar surface area (TPSA) is 115 Å². The minimum Gasteiger partial charge on any atom is -0.490 e. The highest BCUT2D eigenvalue weighted by molar-refractivity contribution is 7.90. The van der Waals surface area contributed by atoms with Crippen molar-refractivity contribution in [2.24, 2.45) is 0 Å². The number of aromatic nitrogens is 1. The second kappa shape index (κ2) is 11.2. The molecule has 0 amide bonds. The van der Waals surface area contributed by atoms with Gasteiger partial charge in [0.1, 0.15) is 17.9 Å². The first-order valence-electron chi connectivity index (χ1n) is 13.8. The van der Waals surface area contributed by atoms with E-state index in [4.69, 9.17) is 14.2 Å². The highest BCUT2D eigenvalue weighted by atomic mass is 32.2. The first kappa shape index (κ1) is 26.1. The van der Waals surface area contributed by atoms with Gasteiger partial charge in [0.05, 0.1) is 30.0 Å². The maximum Gasteiger partial charge on any atom is 0.299 e. The third-order valence-corrected chi connectivity index (χ3v) is 9.10. The van der Waals surface area contributed by atoms with E-state index in [-0.39, 0.29) is 12.1 Å². The molecule has 0 radical (unpaired) electrons. The lowest BCUT2D eigenvalue weighted by Gasteiger charge is -2.30. The average molecular weight is 551 g/mol. The number of nitrogens with one attached hydrogen (secondary N) is 2. The van der Waals surface area contributed by atoms with Gasteiger partial charge in [0.2, 0.25) is 0 Å². The van der Waals surface area contributed by atoms with Crippen molar-refractivity contribution in [1.82, 2.24) is 9.29 Å². The number of rotatable bonds is 8. The molecule has 206 valence electrons. The summed E-state index contributed by atoms with van der Waals surface area (Å²) < 4.78 is 50.1. The van der Waals surface area contributed by atoms with E-state index in [1.165, 1.54) is 0 Å². The molecule has 0 bridgehead atoms. The molecule has 1 saturated carbocycles. The van der Waals surface area contributed by atoms with Gasteiger partial charge < -0.3 is 18.8 Å². The molecule has 6 rings (SSSR count). The molecular weight excluding hydrogens is 516 g/mol. The van der Waals surface area contributed by atoms with E-state index >= 15 is 0 Å². The first-order valence-corrected chi connectivity index (χ1v) is 15.3. The summed E-state index contributed by atoms with van der Waals surface area (Å²) in [6.07, 6.45) is 6.47. The fraction of sp³-hybridized carbons (Fsp3) is 0.483. The largest absolute Gasteiger partial charge is 0.490 e. The molecule has 3 aromatic rings. The van der Waals surface area contributed by atoms with Gasteiger partial charge >= 0.3 is 0 Å². The van der Waals surface area contributed by atoms with Crippen LogP contribution in [0.2, 0.25) is 0 Å². The molecule has 2 aromatic carbocycles. The van der Waals surface area contributed by atoms with E-state index in [1.807, 2.05) is 24.3 Å². The molecule has 9 nitrogen and oxygen atoms in total. The molecule has 3 fully saturated rings. The van der Waals surface area contributed by atoms with Crippen LogP contribution in [0.25, 0.3) is 22.2 Å². The Morgan fingerprint density at radius 2 is 1.62 bits per heavy atom. The summed E-state index contributed by atoms with van der Waals surface area (Å²) in [7, 11) is -3.71. The lowest BCUT2D eigenvalue weighted by atomic mass is 9.92. The Morgan fingerprint density at radius 1 is 0.923 bits per heavy atom. The number of nitrogens with zero attached hydrogens (tertiary/aromatic N) is 2. The fourth-order valence-electron chi connectivity index (χ4n) is 5.69. The minimum absolute atomic E-state index is 0.132. The number of benzene rings is 2. The Bertz CT molecular complexity index is 1460. The van der Waals surface area contributed by atoms with Gasteiger partial charge in [0.25, 0.3) is 10.2 Å². The highest BCUT2D eigenvalue weighted by Gasteiger charge is 2.28. The summed E-state index contributed by atoms with van der Waals surface area (Å²) >= 11 is 0. The van der Waals surface area contributed by atoms with Gasteiger partial charge in [-0.25, -0.2) is 0 Å². The summed E-state index contributed by atoms with van der Waals surface area (Å²) in [4.78, 5) is 0. The van der Waals surface area contributed by atoms with E-state index in [2.05, 4.69) is 26.1 Å². The van der Waals surface area contributed by atoms with Crippen LogP contribution in [0.15, 0.2) is 42.5 Å². The predicted octanol–water partition coefficient (Wildman–Crippen LogP) is 4.89. The Hall–Kier alpha value is -3.10. The van der Waals surface area contributed by atoms with Crippen molar-refractivity contribution < 1.29 is 22.6 Å². The molecule has 3 aliphatic rings. The second-order valence-electron chi connectivity index (χ2n) is 10.6. The van der Waals surface area contributed by atoms with Crippen LogP contribution in [0.5, 0.6) is 5.75 Å². The number of hydrogen-bond donors (Lipinski definition) is 2. The molecule has 0 atom stereocenters. The van der Waals surface area contributed by atoms with Crippen LogP contribution in [0.1, 0.15) is 56.6 Å². The van der Waals surface area contributed by atoms with Crippen molar-refractivity contribution in [3.8, 4) is 23.1 Å². The van der Waals surface area contributed by atoms with Crippen molar-refractivity contribution in [1.29, 1.82) is 5.26 Å². The van der Waals surface area contributed by atoms with Gasteiger partial charge in [-0.1, -0.05) is 12.1 Å². The standard InChI is InChI=1S/C29H34N4O5S/c30-19-27-26-9-8-25(38-24-12-16-37-17-13-24)18-28(26)33(23-2-1-3-23)29(27)20-4-6-21(7-5-20)31-39(34,35)32-22-10-14-36-15-11-22/h4-9,18,22-24,31-32H,1-3,10-17H2. The Labute approximate surface area is 229 Å². The maximum absolute atomic E-state index is 12.7. The molecule has 2 aliphatic heterocycles. The molecule has 10 heteroatoms. The third kappa shape index (κ3) is 5.63. The zero-order chi connectivity index (χ0) is 26.8. The Morgan fingerprint density at radius 3 is 2.26 bits per heavy atom. The van der Waals surface area contributed by atoms with E-state index in [0.717, 1.165) is 60.0 Å². The number of fused-ring (bicyclic) bond motifs is 1. The molecule has 2 saturated heterocycles. The lowest BCUT2D eigenvalue weighted by Crippen LogP contribution is -2.41. The van der Waals surface area contributed by atoms with Gasteiger partial charge in [0.15, 0.2) is 0 Å². The zero-order valence-corrected chi connectivity index (χ0v) is 22.7. The van der Waals surface area contributed by atoms with Gasteiger partial charge in [-0.3, -0.25) is 4.72 Å². The normalized spacial score (nSPS) is 19.5. The number of nitriles is 1. The Kier molecular flexibility index (Phi) is 7.49. The number of ether oxygens (including phenoxy) is 3. The third-order valence-electron chi connectivity index (χ3n) is 7.95. The molecule has 39 heavy (non-hydrogen) atoms. The summed E-state index contributed by atoms with van der Waals surface area (Å²) in [5.74, 6) is 0.810. The molecule has 3 heterocycles. The van der Waals surface area contributed by atoms with E-state index in [1.54, 1.807) is 12.1 Å². The lowest BCUT2D eigenvalue weighted by molar-refractivity contribution is 0.0256. The van der Waals surface area contributed by atoms with Crippen LogP contribution in [0, 0.1) is 11.3 Å². The van der Waals surface area contributed by atoms with Crippen molar-refractivity contribution in [3.05, 3.63) is 48.0 Å². The van der Waals surface area contributed by atoms with Crippen molar-refractivity contribution in [3.63, 3.8) is 0 Å². The minimum atomic E-state index is -3.71. The zero-order valence-electron chi connectivity index (χ0n) is 21.9. The van der Waals surface area contributed by atoms with Crippen molar-refractivity contribution >= 4 is 26.8 Å². The van der Waals surface area contributed by atoms with Gasteiger partial charge in [-0.05, 0) is 61.9 Å². The van der Waals surface area contributed by atoms with Crippen LogP contribution in [-0.2, 0) is 19.7 Å². The molecule has 2 N–H and O–H groups in total. The quantitative estimate of drug-likeness (QED) is 0.413. The molecule has 0 unspecified atom stereocenters. The van der Waals surface area contributed by atoms with Gasteiger partial charge in [-0.2, -0.15) is 18.4 Å². The second-order valence-corrected chi connectivity index (χ2v) is 12.0. The van der Waals surface area contributed by atoms with Crippen molar-refractivity contribution in [2.45, 2.75) is 63.1 Å². The summed E-state index contributed by atoms with van der Waals surface area (Å²) in [6, 6.07) is 15.9. The highest BCUT2D eigenvalue weighted by Crippen LogP contribution is 2.43. The average Bonchev–Trinajstić information content (AvgIpc) is 3.22. The smallest absolute Gasteiger partial charge is 0.299 e. The van der Waals surface area contributed by atoms with Crippen LogP contribution in [0.3, 0.4) is 0 Å². The van der Waals surface area contributed by atoms with Gasteiger partial charge in [0, 0.05) is 55.3 Å². The summed E-state index contributed by atoms with van der Waals surface area (Å²) in [6.45, 7) is 2.54. The Balaban J connectivity index is 1.30. The van der Waals surface area contributed by atoms with Gasteiger partial charge in [-0.15, -0.1) is 0 Å². The maximum atomic E-state index is 12.7. The predicted molar refractivity (Wildman–Crippen MR) is 149 cm³/mol. The van der Waals surface area contributed by atoms with Crippen molar-refractivity contribution in [2.75, 3.05) is 31.1 Å².